The molecule has 0 saturated carbocycles. The van der Waals surface area contributed by atoms with Gasteiger partial charge in [-0.25, -0.2) is 18.1 Å². The molecule has 0 bridgehead atoms. The maximum Gasteiger partial charge on any atom is 0.240 e. The Morgan fingerprint density at radius 1 is 1.25 bits per heavy atom. The van der Waals surface area contributed by atoms with Crippen molar-refractivity contribution in [3.05, 3.63) is 42.5 Å². The van der Waals surface area contributed by atoms with Gasteiger partial charge < -0.3 is 10.3 Å². The highest BCUT2D eigenvalue weighted by atomic mass is 32.2. The lowest BCUT2D eigenvalue weighted by molar-refractivity contribution is 0.570. The fraction of sp³-hybridized carbons (Fsp3) is 0.308. The van der Waals surface area contributed by atoms with Gasteiger partial charge in [-0.1, -0.05) is 0 Å². The first kappa shape index (κ1) is 14.5. The molecule has 0 amide bonds. The number of aromatic amines is 1. The molecule has 0 unspecified atom stereocenters. The Bertz CT molecular complexity index is 634. The zero-order valence-corrected chi connectivity index (χ0v) is 12.2. The van der Waals surface area contributed by atoms with E-state index in [2.05, 4.69) is 20.0 Å². The van der Waals surface area contributed by atoms with Crippen LogP contribution in [0.15, 0.2) is 41.7 Å². The van der Waals surface area contributed by atoms with Crippen LogP contribution in [0.5, 0.6) is 0 Å². The number of rotatable bonds is 6. The summed E-state index contributed by atoms with van der Waals surface area (Å²) >= 11 is 0. The summed E-state index contributed by atoms with van der Waals surface area (Å²) in [7, 11) is -3.43. The second-order valence-electron chi connectivity index (χ2n) is 4.73. The standard InChI is InChI=1S/C13H18N4O2S/c1-10(2)17-20(18,19)13-5-3-11(4-6-13)15-8-12-7-14-9-16-12/h3-7,9-10,15,17H,8H2,1-2H3,(H,14,16). The number of anilines is 1. The minimum Gasteiger partial charge on any atom is -0.379 e. The van der Waals surface area contributed by atoms with Crippen LogP contribution in [-0.4, -0.2) is 24.4 Å². The Kier molecular flexibility index (Phi) is 4.41. The van der Waals surface area contributed by atoms with Crippen molar-refractivity contribution in [3.8, 4) is 0 Å². The second kappa shape index (κ2) is 6.06. The Morgan fingerprint density at radius 3 is 2.50 bits per heavy atom. The maximum atomic E-state index is 12.0. The number of H-pyrrole nitrogens is 1. The summed E-state index contributed by atoms with van der Waals surface area (Å²) in [6, 6.07) is 6.52. The molecule has 0 radical (unpaired) electrons. The van der Waals surface area contributed by atoms with E-state index in [1.54, 1.807) is 50.6 Å². The summed E-state index contributed by atoms with van der Waals surface area (Å²) in [6.07, 6.45) is 3.35. The Morgan fingerprint density at radius 2 is 1.95 bits per heavy atom. The molecule has 0 aliphatic rings. The summed E-state index contributed by atoms with van der Waals surface area (Å²) in [4.78, 5) is 7.17. The number of aromatic nitrogens is 2. The molecular weight excluding hydrogens is 276 g/mol. The van der Waals surface area contributed by atoms with Crippen LogP contribution in [0.25, 0.3) is 0 Å². The van der Waals surface area contributed by atoms with Crippen LogP contribution in [0.2, 0.25) is 0 Å². The van der Waals surface area contributed by atoms with Crippen molar-refractivity contribution < 1.29 is 8.42 Å². The molecule has 0 saturated heterocycles. The van der Waals surface area contributed by atoms with Crippen molar-refractivity contribution in [2.24, 2.45) is 0 Å². The van der Waals surface area contributed by atoms with Crippen molar-refractivity contribution >= 4 is 15.7 Å². The third kappa shape index (κ3) is 3.82. The molecule has 7 heteroatoms. The van der Waals surface area contributed by atoms with E-state index < -0.39 is 10.0 Å². The zero-order valence-electron chi connectivity index (χ0n) is 11.4. The zero-order chi connectivity index (χ0) is 14.6. The van der Waals surface area contributed by atoms with Gasteiger partial charge in [-0.2, -0.15) is 0 Å². The summed E-state index contributed by atoms with van der Waals surface area (Å²) in [5, 5.41) is 3.18. The number of hydrogen-bond donors (Lipinski definition) is 3. The molecule has 6 nitrogen and oxygen atoms in total. The van der Waals surface area contributed by atoms with Gasteiger partial charge in [0.1, 0.15) is 0 Å². The lowest BCUT2D eigenvalue weighted by Gasteiger charge is -2.10. The van der Waals surface area contributed by atoms with Gasteiger partial charge in [0, 0.05) is 17.9 Å². The molecule has 3 N–H and O–H groups in total. The highest BCUT2D eigenvalue weighted by molar-refractivity contribution is 7.89. The van der Waals surface area contributed by atoms with Gasteiger partial charge in [0.25, 0.3) is 0 Å². The minimum absolute atomic E-state index is 0.127. The van der Waals surface area contributed by atoms with Crippen LogP contribution in [-0.2, 0) is 16.6 Å². The van der Waals surface area contributed by atoms with Gasteiger partial charge in [-0.05, 0) is 38.1 Å². The molecule has 0 atom stereocenters. The number of imidazole rings is 1. The second-order valence-corrected chi connectivity index (χ2v) is 6.44. The van der Waals surface area contributed by atoms with Gasteiger partial charge in [0.05, 0.1) is 23.5 Å². The van der Waals surface area contributed by atoms with Gasteiger partial charge in [0.2, 0.25) is 10.0 Å². The summed E-state index contributed by atoms with van der Waals surface area (Å²) in [6.45, 7) is 4.19. The Balaban J connectivity index is 2.02. The van der Waals surface area contributed by atoms with E-state index in [0.29, 0.717) is 6.54 Å². The molecule has 2 aromatic rings. The predicted octanol–water partition coefficient (Wildman–Crippen LogP) is 1.71. The van der Waals surface area contributed by atoms with Gasteiger partial charge in [0.15, 0.2) is 0 Å². The van der Waals surface area contributed by atoms with E-state index in [1.807, 2.05) is 0 Å². The third-order valence-corrected chi connectivity index (χ3v) is 4.27. The highest BCUT2D eigenvalue weighted by Gasteiger charge is 2.14. The molecule has 1 aromatic heterocycles. The maximum absolute atomic E-state index is 12.0. The lowest BCUT2D eigenvalue weighted by Crippen LogP contribution is -2.30. The summed E-state index contributed by atoms with van der Waals surface area (Å²) in [5.74, 6) is 0. The number of hydrogen-bond acceptors (Lipinski definition) is 4. The molecule has 20 heavy (non-hydrogen) atoms. The first-order valence-corrected chi connectivity index (χ1v) is 7.79. The molecule has 2 rings (SSSR count). The third-order valence-electron chi connectivity index (χ3n) is 2.59. The van der Waals surface area contributed by atoms with E-state index in [-0.39, 0.29) is 10.9 Å². The normalized spacial score (nSPS) is 11.8. The fourth-order valence-electron chi connectivity index (χ4n) is 1.71. The summed E-state index contributed by atoms with van der Waals surface area (Å²) < 4.78 is 26.5. The van der Waals surface area contributed by atoms with Gasteiger partial charge in [-0.3, -0.25) is 0 Å². The molecule has 1 heterocycles. The van der Waals surface area contributed by atoms with Crippen LogP contribution < -0.4 is 10.0 Å². The first-order valence-electron chi connectivity index (χ1n) is 6.31. The van der Waals surface area contributed by atoms with Crippen molar-refractivity contribution in [2.45, 2.75) is 31.3 Å². The van der Waals surface area contributed by atoms with E-state index in [9.17, 15) is 8.42 Å². The summed E-state index contributed by atoms with van der Waals surface area (Å²) in [5.41, 5.74) is 1.81. The SMILES string of the molecule is CC(C)NS(=O)(=O)c1ccc(NCc2cnc[nH]2)cc1. The molecule has 0 fully saturated rings. The monoisotopic (exact) mass is 294 g/mol. The smallest absolute Gasteiger partial charge is 0.240 e. The van der Waals surface area contributed by atoms with E-state index in [1.165, 1.54) is 0 Å². The van der Waals surface area contributed by atoms with Crippen molar-refractivity contribution in [3.63, 3.8) is 0 Å². The quantitative estimate of drug-likeness (QED) is 0.757. The van der Waals surface area contributed by atoms with Gasteiger partial charge in [-0.15, -0.1) is 0 Å². The average molecular weight is 294 g/mol. The van der Waals surface area contributed by atoms with E-state index in [0.717, 1.165) is 11.4 Å². The van der Waals surface area contributed by atoms with Crippen molar-refractivity contribution in [1.29, 1.82) is 0 Å². The minimum atomic E-state index is -3.43. The van der Waals surface area contributed by atoms with Crippen LogP contribution >= 0.6 is 0 Å². The van der Waals surface area contributed by atoms with E-state index >= 15 is 0 Å². The Labute approximate surface area is 118 Å². The largest absolute Gasteiger partial charge is 0.379 e. The number of sulfonamides is 1. The predicted molar refractivity (Wildman–Crippen MR) is 77.8 cm³/mol. The Hall–Kier alpha value is -1.86. The lowest BCUT2D eigenvalue weighted by atomic mass is 10.3. The molecule has 0 aliphatic heterocycles. The molecule has 1 aromatic carbocycles. The van der Waals surface area contributed by atoms with Crippen LogP contribution in [0.4, 0.5) is 5.69 Å². The topological polar surface area (TPSA) is 86.9 Å². The molecule has 0 aliphatic carbocycles. The van der Waals surface area contributed by atoms with Crippen molar-refractivity contribution in [2.75, 3.05) is 5.32 Å². The highest BCUT2D eigenvalue weighted by Crippen LogP contribution is 2.14. The molecule has 0 spiro atoms. The fourth-order valence-corrected chi connectivity index (χ4v) is 2.96. The molecule has 108 valence electrons. The number of nitrogens with one attached hydrogen (secondary N) is 3. The first-order chi connectivity index (χ1) is 9.47. The van der Waals surface area contributed by atoms with Crippen LogP contribution in [0.1, 0.15) is 19.5 Å². The number of nitrogens with zero attached hydrogens (tertiary/aromatic N) is 1. The van der Waals surface area contributed by atoms with E-state index in [4.69, 9.17) is 0 Å². The van der Waals surface area contributed by atoms with Crippen LogP contribution in [0, 0.1) is 0 Å². The van der Waals surface area contributed by atoms with Crippen LogP contribution in [0.3, 0.4) is 0 Å². The average Bonchev–Trinajstić information content (AvgIpc) is 2.88. The number of benzene rings is 1. The molecular formula is C13H18N4O2S. The van der Waals surface area contributed by atoms with Gasteiger partial charge >= 0.3 is 0 Å². The van der Waals surface area contributed by atoms with Crippen molar-refractivity contribution in [1.82, 2.24) is 14.7 Å².